The molecule has 0 aliphatic carbocycles. The normalized spacial score (nSPS) is 20.7. The van der Waals surface area contributed by atoms with E-state index in [-0.39, 0.29) is 41.6 Å². The first-order valence-corrected chi connectivity index (χ1v) is 11.3. The molecule has 0 aromatic heterocycles. The summed E-state index contributed by atoms with van der Waals surface area (Å²) in [5.41, 5.74) is 0.948. The van der Waals surface area contributed by atoms with Crippen LogP contribution in [0.25, 0.3) is 0 Å². The third kappa shape index (κ3) is 9.53. The zero-order chi connectivity index (χ0) is 22.1. The number of nitrogens with zero attached hydrogens (tertiary/aromatic N) is 1. The van der Waals surface area contributed by atoms with Crippen LogP contribution in [-0.2, 0) is 4.74 Å². The summed E-state index contributed by atoms with van der Waals surface area (Å²) in [6.07, 6.45) is 1.96. The van der Waals surface area contributed by atoms with Crippen LogP contribution < -0.4 is 15.4 Å². The molecule has 7 heteroatoms. The first kappa shape index (κ1) is 28.0. The van der Waals surface area contributed by atoms with Gasteiger partial charge in [0.25, 0.3) is 0 Å². The fraction of sp³-hybridized carbons (Fsp3) is 0.708. The number of hydrogen-bond donors (Lipinski definition) is 3. The molecule has 0 bridgehead atoms. The summed E-state index contributed by atoms with van der Waals surface area (Å²) in [6, 6.07) is 7.57. The number of hydrogen-bond acceptors (Lipinski definition) is 4. The molecule has 0 radical (unpaired) electrons. The maximum atomic E-state index is 10.6. The molecule has 2 rings (SSSR count). The molecule has 3 atom stereocenters. The van der Waals surface area contributed by atoms with Crippen molar-refractivity contribution in [3.05, 3.63) is 29.8 Å². The quantitative estimate of drug-likeness (QED) is 0.254. The third-order valence-corrected chi connectivity index (χ3v) is 5.23. The zero-order valence-electron chi connectivity index (χ0n) is 20.0. The number of guanidine groups is 1. The number of aliphatic hydroxyl groups is 1. The molecule has 1 aromatic rings. The average Bonchev–Trinajstić information content (AvgIpc) is 2.69. The molecule has 3 N–H and O–H groups in total. The highest BCUT2D eigenvalue weighted by Gasteiger charge is 2.35. The van der Waals surface area contributed by atoms with Crippen molar-refractivity contribution >= 4 is 29.9 Å². The van der Waals surface area contributed by atoms with E-state index in [1.54, 1.807) is 0 Å². The van der Waals surface area contributed by atoms with Crippen LogP contribution in [-0.4, -0.2) is 49.5 Å². The second kappa shape index (κ2) is 13.5. The van der Waals surface area contributed by atoms with E-state index >= 15 is 0 Å². The molecule has 1 saturated heterocycles. The van der Waals surface area contributed by atoms with Gasteiger partial charge in [0.2, 0.25) is 0 Å². The minimum absolute atomic E-state index is 0. The summed E-state index contributed by atoms with van der Waals surface area (Å²) in [4.78, 5) is 4.60. The van der Waals surface area contributed by atoms with E-state index in [9.17, 15) is 5.11 Å². The topological polar surface area (TPSA) is 75.1 Å². The van der Waals surface area contributed by atoms with E-state index in [4.69, 9.17) is 9.47 Å². The summed E-state index contributed by atoms with van der Waals surface area (Å²) >= 11 is 0. The van der Waals surface area contributed by atoms with Crippen LogP contribution >= 0.6 is 24.0 Å². The lowest BCUT2D eigenvalue weighted by Gasteiger charge is -2.40. The number of nitrogens with one attached hydrogen (secondary N) is 2. The first-order valence-electron chi connectivity index (χ1n) is 11.3. The van der Waals surface area contributed by atoms with Gasteiger partial charge in [-0.05, 0) is 56.7 Å². The van der Waals surface area contributed by atoms with Crippen molar-refractivity contribution in [2.45, 2.75) is 72.7 Å². The Morgan fingerprint density at radius 2 is 1.90 bits per heavy atom. The lowest BCUT2D eigenvalue weighted by molar-refractivity contribution is -0.0835. The molecule has 1 aliphatic rings. The first-order chi connectivity index (χ1) is 14.2. The molecular weight excluding hydrogens is 505 g/mol. The predicted octanol–water partition coefficient (Wildman–Crippen LogP) is 4.52. The van der Waals surface area contributed by atoms with Gasteiger partial charge in [0, 0.05) is 25.6 Å². The van der Waals surface area contributed by atoms with Gasteiger partial charge in [0.05, 0.1) is 24.9 Å². The highest BCUT2D eigenvalue weighted by Crippen LogP contribution is 2.33. The highest BCUT2D eigenvalue weighted by molar-refractivity contribution is 14.0. The summed E-state index contributed by atoms with van der Waals surface area (Å²) in [5.74, 6) is 1.98. The van der Waals surface area contributed by atoms with E-state index in [2.05, 4.69) is 36.4 Å². The molecule has 1 aliphatic heterocycles. The lowest BCUT2D eigenvalue weighted by Crippen LogP contribution is -2.47. The fourth-order valence-corrected chi connectivity index (χ4v) is 3.90. The number of ether oxygens (including phenoxy) is 2. The standard InChI is InChI=1S/C24H41N3O3.HI/c1-7-25-23(26-15-19-9-8-14-29-22(19)24(4,5)6)27-16-21(28)18-10-12-20(13-11-18)30-17(2)3;/h10-13,17,19,21-22,28H,7-9,14-16H2,1-6H3,(H2,25,26,27);1H. The summed E-state index contributed by atoms with van der Waals surface area (Å²) in [6.45, 7) is 15.5. The molecule has 0 spiro atoms. The van der Waals surface area contributed by atoms with Crippen LogP contribution in [0.1, 0.15) is 66.1 Å². The minimum atomic E-state index is -0.658. The fourth-order valence-electron chi connectivity index (χ4n) is 3.90. The molecule has 0 amide bonds. The SMILES string of the molecule is CCNC(=NCC(O)c1ccc(OC(C)C)cc1)NCC1CCCOC1C(C)(C)C.I. The van der Waals surface area contributed by atoms with Gasteiger partial charge in [-0.15, -0.1) is 24.0 Å². The number of halogens is 1. The number of aliphatic hydroxyl groups excluding tert-OH is 1. The zero-order valence-corrected chi connectivity index (χ0v) is 22.3. The Morgan fingerprint density at radius 3 is 2.48 bits per heavy atom. The Balaban J connectivity index is 0.00000480. The van der Waals surface area contributed by atoms with Crippen molar-refractivity contribution in [2.24, 2.45) is 16.3 Å². The van der Waals surface area contributed by atoms with Gasteiger partial charge in [-0.1, -0.05) is 32.9 Å². The molecular formula is C24H42IN3O3. The summed E-state index contributed by atoms with van der Waals surface area (Å²) in [5, 5.41) is 17.3. The van der Waals surface area contributed by atoms with Crippen LogP contribution in [0.5, 0.6) is 5.75 Å². The van der Waals surface area contributed by atoms with Crippen LogP contribution in [0.4, 0.5) is 0 Å². The Labute approximate surface area is 205 Å². The van der Waals surface area contributed by atoms with Gasteiger partial charge < -0.3 is 25.2 Å². The van der Waals surface area contributed by atoms with Crippen molar-refractivity contribution in [3.63, 3.8) is 0 Å². The van der Waals surface area contributed by atoms with Crippen LogP contribution in [0.15, 0.2) is 29.3 Å². The number of rotatable bonds is 8. The summed E-state index contributed by atoms with van der Waals surface area (Å²) in [7, 11) is 0. The second-order valence-electron chi connectivity index (χ2n) is 9.41. The van der Waals surface area contributed by atoms with Crippen LogP contribution in [0.3, 0.4) is 0 Å². The third-order valence-electron chi connectivity index (χ3n) is 5.23. The van der Waals surface area contributed by atoms with Crippen LogP contribution in [0.2, 0.25) is 0 Å². The molecule has 3 unspecified atom stereocenters. The minimum Gasteiger partial charge on any atom is -0.491 e. The maximum absolute atomic E-state index is 10.6. The molecule has 1 aromatic carbocycles. The highest BCUT2D eigenvalue weighted by atomic mass is 127. The molecule has 6 nitrogen and oxygen atoms in total. The van der Waals surface area contributed by atoms with Crippen molar-refractivity contribution in [3.8, 4) is 5.75 Å². The average molecular weight is 548 g/mol. The van der Waals surface area contributed by atoms with Gasteiger partial charge >= 0.3 is 0 Å². The van der Waals surface area contributed by atoms with E-state index in [0.29, 0.717) is 12.5 Å². The molecule has 1 heterocycles. The van der Waals surface area contributed by atoms with E-state index in [0.717, 1.165) is 49.8 Å². The Bertz CT molecular complexity index is 659. The Morgan fingerprint density at radius 1 is 1.23 bits per heavy atom. The molecule has 178 valence electrons. The van der Waals surface area contributed by atoms with E-state index in [1.807, 2.05) is 45.0 Å². The molecule has 1 fully saturated rings. The van der Waals surface area contributed by atoms with Crippen LogP contribution in [0, 0.1) is 11.3 Å². The molecule has 0 saturated carbocycles. The van der Waals surface area contributed by atoms with E-state index < -0.39 is 6.10 Å². The maximum Gasteiger partial charge on any atom is 0.191 e. The largest absolute Gasteiger partial charge is 0.491 e. The summed E-state index contributed by atoms with van der Waals surface area (Å²) < 4.78 is 11.7. The lowest BCUT2D eigenvalue weighted by atomic mass is 9.78. The number of benzene rings is 1. The predicted molar refractivity (Wildman–Crippen MR) is 138 cm³/mol. The second-order valence-corrected chi connectivity index (χ2v) is 9.41. The number of aliphatic imine (C=N–C) groups is 1. The van der Waals surface area contributed by atoms with Gasteiger partial charge in [0.15, 0.2) is 5.96 Å². The monoisotopic (exact) mass is 547 g/mol. The van der Waals surface area contributed by atoms with Crippen molar-refractivity contribution in [1.82, 2.24) is 10.6 Å². The Hall–Kier alpha value is -1.06. The molecule has 31 heavy (non-hydrogen) atoms. The van der Waals surface area contributed by atoms with Crippen molar-refractivity contribution < 1.29 is 14.6 Å². The van der Waals surface area contributed by atoms with Gasteiger partial charge in [0.1, 0.15) is 5.75 Å². The smallest absolute Gasteiger partial charge is 0.191 e. The van der Waals surface area contributed by atoms with Gasteiger partial charge in [-0.25, -0.2) is 0 Å². The van der Waals surface area contributed by atoms with Crippen molar-refractivity contribution in [1.29, 1.82) is 0 Å². The Kier molecular flexibility index (Phi) is 12.2. The van der Waals surface area contributed by atoms with E-state index in [1.165, 1.54) is 0 Å². The van der Waals surface area contributed by atoms with Crippen molar-refractivity contribution in [2.75, 3.05) is 26.2 Å². The van der Waals surface area contributed by atoms with Gasteiger partial charge in [-0.2, -0.15) is 0 Å². The van der Waals surface area contributed by atoms with Gasteiger partial charge in [-0.3, -0.25) is 4.99 Å².